The van der Waals surface area contributed by atoms with Gasteiger partial charge in [-0.25, -0.2) is 0 Å². The third-order valence-corrected chi connectivity index (χ3v) is 5.80. The number of para-hydroxylation sites is 2. The van der Waals surface area contributed by atoms with Crippen molar-refractivity contribution in [1.82, 2.24) is 0 Å². The molecule has 0 spiro atoms. The molecule has 2 aliphatic rings. The van der Waals surface area contributed by atoms with Crippen molar-refractivity contribution in [2.24, 2.45) is 0 Å². The lowest BCUT2D eigenvalue weighted by Crippen LogP contribution is -2.60. The molecule has 2 aromatic rings. The van der Waals surface area contributed by atoms with E-state index in [0.717, 1.165) is 0 Å². The molecule has 0 aromatic heterocycles. The van der Waals surface area contributed by atoms with E-state index in [1.807, 2.05) is 0 Å². The number of Topliss-reactive ketones (excluding diaryl/α,β-unsaturated/α-hetero) is 1. The van der Waals surface area contributed by atoms with Gasteiger partial charge in [0, 0.05) is 12.0 Å². The van der Waals surface area contributed by atoms with Crippen molar-refractivity contribution < 1.29 is 33.4 Å². The van der Waals surface area contributed by atoms with Gasteiger partial charge in [-0.1, -0.05) is 12.1 Å². The number of fused-ring (bicyclic) bond motifs is 2. The fourth-order valence-electron chi connectivity index (χ4n) is 3.91. The zero-order chi connectivity index (χ0) is 24.5. The SMILES string of the molecule is C[C@@H](OC(=O)CCC(=O)c1ccc2c(c1)OCCO2)C(=O)N1c2ccccc2NC(=O)C1(C)C. The highest BCUT2D eigenvalue weighted by Gasteiger charge is 2.45. The molecule has 2 aromatic carbocycles. The summed E-state index contributed by atoms with van der Waals surface area (Å²) in [7, 11) is 0. The quantitative estimate of drug-likeness (QED) is 0.514. The van der Waals surface area contributed by atoms with Gasteiger partial charge in [-0.2, -0.15) is 0 Å². The molecular formula is C25H26N2O7. The number of nitrogens with one attached hydrogen (secondary N) is 1. The third kappa shape index (κ3) is 4.46. The topological polar surface area (TPSA) is 111 Å². The van der Waals surface area contributed by atoms with Gasteiger partial charge in [-0.05, 0) is 51.1 Å². The van der Waals surface area contributed by atoms with Crippen molar-refractivity contribution in [1.29, 1.82) is 0 Å². The summed E-state index contributed by atoms with van der Waals surface area (Å²) in [5.41, 5.74) is 0.247. The molecule has 0 aliphatic carbocycles. The van der Waals surface area contributed by atoms with E-state index in [2.05, 4.69) is 5.32 Å². The summed E-state index contributed by atoms with van der Waals surface area (Å²) >= 11 is 0. The van der Waals surface area contributed by atoms with Crippen LogP contribution in [0.15, 0.2) is 42.5 Å². The minimum Gasteiger partial charge on any atom is -0.486 e. The Kier molecular flexibility index (Phi) is 6.28. The largest absolute Gasteiger partial charge is 0.486 e. The Bertz CT molecular complexity index is 1160. The predicted octanol–water partition coefficient (Wildman–Crippen LogP) is 3.12. The molecule has 1 atom stereocenters. The second-order valence-corrected chi connectivity index (χ2v) is 8.62. The minimum atomic E-state index is -1.18. The van der Waals surface area contributed by atoms with Crippen LogP contribution in [0.5, 0.6) is 11.5 Å². The standard InChI is InChI=1S/C25H26N2O7/c1-15(23(30)27-18-7-5-4-6-17(18)26-24(31)25(27,2)3)34-22(29)11-9-19(28)16-8-10-20-21(14-16)33-13-12-32-20/h4-8,10,14-15H,9,11-13H2,1-3H3,(H,26,31)/t15-/m1/s1. The molecule has 0 fully saturated rings. The first-order valence-corrected chi connectivity index (χ1v) is 11.1. The molecule has 2 amide bonds. The van der Waals surface area contributed by atoms with E-state index < -0.39 is 23.5 Å². The first-order valence-electron chi connectivity index (χ1n) is 11.1. The van der Waals surface area contributed by atoms with Gasteiger partial charge < -0.3 is 19.5 Å². The number of anilines is 2. The Morgan fingerprint density at radius 2 is 1.76 bits per heavy atom. The maximum Gasteiger partial charge on any atom is 0.307 e. The molecule has 1 N–H and O–H groups in total. The maximum atomic E-state index is 13.2. The van der Waals surface area contributed by atoms with Gasteiger partial charge in [0.25, 0.3) is 5.91 Å². The second-order valence-electron chi connectivity index (χ2n) is 8.62. The Hall–Kier alpha value is -3.88. The van der Waals surface area contributed by atoms with E-state index in [-0.39, 0.29) is 24.5 Å². The molecule has 9 nitrogen and oxygen atoms in total. The number of ether oxygens (including phenoxy) is 3. The molecule has 0 saturated heterocycles. The lowest BCUT2D eigenvalue weighted by molar-refractivity contribution is -0.154. The van der Waals surface area contributed by atoms with Crippen LogP contribution < -0.4 is 19.7 Å². The van der Waals surface area contributed by atoms with E-state index >= 15 is 0 Å². The van der Waals surface area contributed by atoms with Crippen LogP contribution >= 0.6 is 0 Å². The molecule has 0 unspecified atom stereocenters. The van der Waals surface area contributed by atoms with Crippen molar-refractivity contribution in [2.75, 3.05) is 23.4 Å². The Balaban J connectivity index is 1.38. The van der Waals surface area contributed by atoms with Gasteiger partial charge in [0.05, 0.1) is 17.8 Å². The Morgan fingerprint density at radius 1 is 1.06 bits per heavy atom. The zero-order valence-electron chi connectivity index (χ0n) is 19.3. The normalized spacial score (nSPS) is 16.7. The summed E-state index contributed by atoms with van der Waals surface area (Å²) in [4.78, 5) is 52.1. The average Bonchev–Trinajstić information content (AvgIpc) is 2.82. The summed E-state index contributed by atoms with van der Waals surface area (Å²) in [6, 6.07) is 11.8. The first-order chi connectivity index (χ1) is 16.2. The van der Waals surface area contributed by atoms with Crippen molar-refractivity contribution in [3.05, 3.63) is 48.0 Å². The summed E-state index contributed by atoms with van der Waals surface area (Å²) < 4.78 is 16.3. The van der Waals surface area contributed by atoms with E-state index in [4.69, 9.17) is 14.2 Å². The van der Waals surface area contributed by atoms with E-state index in [1.54, 1.807) is 56.3 Å². The van der Waals surface area contributed by atoms with Crippen LogP contribution in [0.1, 0.15) is 44.0 Å². The molecule has 2 aliphatic heterocycles. The maximum absolute atomic E-state index is 13.2. The van der Waals surface area contributed by atoms with Crippen LogP contribution in [0, 0.1) is 0 Å². The fourth-order valence-corrected chi connectivity index (χ4v) is 3.91. The summed E-state index contributed by atoms with van der Waals surface area (Å²) in [6.45, 7) is 5.55. The lowest BCUT2D eigenvalue weighted by atomic mass is 9.95. The van der Waals surface area contributed by atoms with Gasteiger partial charge in [0.2, 0.25) is 5.91 Å². The van der Waals surface area contributed by atoms with Crippen LogP contribution in [0.25, 0.3) is 0 Å². The molecule has 34 heavy (non-hydrogen) atoms. The highest BCUT2D eigenvalue weighted by atomic mass is 16.6. The monoisotopic (exact) mass is 466 g/mol. The molecule has 0 saturated carbocycles. The number of nitrogens with zero attached hydrogens (tertiary/aromatic N) is 1. The number of amides is 2. The molecular weight excluding hydrogens is 440 g/mol. The number of esters is 1. The number of ketones is 1. The van der Waals surface area contributed by atoms with Crippen molar-refractivity contribution in [2.45, 2.75) is 45.3 Å². The van der Waals surface area contributed by atoms with Gasteiger partial charge in [-0.15, -0.1) is 0 Å². The summed E-state index contributed by atoms with van der Waals surface area (Å²) in [5.74, 6) is -0.741. The van der Waals surface area contributed by atoms with E-state index in [9.17, 15) is 19.2 Å². The average molecular weight is 466 g/mol. The van der Waals surface area contributed by atoms with Crippen LogP contribution in [0.2, 0.25) is 0 Å². The molecule has 2 heterocycles. The van der Waals surface area contributed by atoms with Gasteiger partial charge in [0.15, 0.2) is 23.4 Å². The van der Waals surface area contributed by atoms with Gasteiger partial charge >= 0.3 is 5.97 Å². The van der Waals surface area contributed by atoms with Crippen LogP contribution in [-0.2, 0) is 19.1 Å². The molecule has 9 heteroatoms. The fraction of sp³-hybridized carbons (Fsp3) is 0.360. The van der Waals surface area contributed by atoms with E-state index in [0.29, 0.717) is 41.7 Å². The molecule has 0 bridgehead atoms. The van der Waals surface area contributed by atoms with Crippen molar-refractivity contribution in [3.8, 4) is 11.5 Å². The molecule has 0 radical (unpaired) electrons. The van der Waals surface area contributed by atoms with Crippen LogP contribution in [-0.4, -0.2) is 48.4 Å². The minimum absolute atomic E-state index is 0.0835. The molecule has 178 valence electrons. The highest BCUT2D eigenvalue weighted by Crippen LogP contribution is 2.37. The number of hydrogen-bond donors (Lipinski definition) is 1. The first kappa shape index (κ1) is 23.3. The predicted molar refractivity (Wildman–Crippen MR) is 123 cm³/mol. The summed E-state index contributed by atoms with van der Waals surface area (Å²) in [6.07, 6.45) is -1.42. The number of hydrogen-bond acceptors (Lipinski definition) is 7. The van der Waals surface area contributed by atoms with Gasteiger partial charge in [-0.3, -0.25) is 24.1 Å². The number of benzene rings is 2. The van der Waals surface area contributed by atoms with E-state index in [1.165, 1.54) is 11.8 Å². The second kappa shape index (κ2) is 9.17. The lowest BCUT2D eigenvalue weighted by Gasteiger charge is -2.42. The number of carbonyl (C=O) groups is 4. The Labute approximate surface area is 197 Å². The molecule has 4 rings (SSSR count). The zero-order valence-corrected chi connectivity index (χ0v) is 19.3. The smallest absolute Gasteiger partial charge is 0.307 e. The van der Waals surface area contributed by atoms with Crippen LogP contribution in [0.4, 0.5) is 11.4 Å². The number of carbonyl (C=O) groups excluding carboxylic acids is 4. The number of rotatable bonds is 6. The third-order valence-electron chi connectivity index (χ3n) is 5.80. The van der Waals surface area contributed by atoms with Crippen molar-refractivity contribution in [3.63, 3.8) is 0 Å². The van der Waals surface area contributed by atoms with Crippen molar-refractivity contribution >= 4 is 34.9 Å². The Morgan fingerprint density at radius 3 is 2.53 bits per heavy atom. The van der Waals surface area contributed by atoms with Gasteiger partial charge in [0.1, 0.15) is 18.8 Å². The summed E-state index contributed by atoms with van der Waals surface area (Å²) in [5, 5.41) is 2.79. The highest BCUT2D eigenvalue weighted by molar-refractivity contribution is 6.15. The van der Waals surface area contributed by atoms with Crippen LogP contribution in [0.3, 0.4) is 0 Å².